The van der Waals surface area contributed by atoms with Gasteiger partial charge in [-0.1, -0.05) is 30.3 Å². The van der Waals surface area contributed by atoms with Gasteiger partial charge in [0, 0.05) is 29.1 Å². The van der Waals surface area contributed by atoms with E-state index in [4.69, 9.17) is 4.74 Å². The molecule has 170 valence electrons. The highest BCUT2D eigenvalue weighted by Gasteiger charge is 2.25. The largest absolute Gasteiger partial charge is 0.496 e. The van der Waals surface area contributed by atoms with Crippen LogP contribution in [0.2, 0.25) is 0 Å². The van der Waals surface area contributed by atoms with Crippen LogP contribution in [-0.4, -0.2) is 43.7 Å². The summed E-state index contributed by atoms with van der Waals surface area (Å²) >= 11 is 1.57. The summed E-state index contributed by atoms with van der Waals surface area (Å²) in [6, 6.07) is 17.5. The lowest BCUT2D eigenvalue weighted by Gasteiger charge is -2.24. The standard InChI is InChI=1S/C24H28N2O4S2/c1-18(2)25(3)32(28,29)22-12-7-10-19(15-22)24(27)26(17-21-11-8-14-31-21)16-20-9-5-6-13-23(20)30-4/h5-15,18H,16-17H2,1-4H3. The molecule has 0 spiro atoms. The van der Waals surface area contributed by atoms with Crippen molar-refractivity contribution in [1.82, 2.24) is 9.21 Å². The third kappa shape index (κ3) is 5.38. The van der Waals surface area contributed by atoms with Crippen molar-refractivity contribution >= 4 is 27.3 Å². The molecule has 3 rings (SSSR count). The Labute approximate surface area is 194 Å². The first-order chi connectivity index (χ1) is 15.2. The summed E-state index contributed by atoms with van der Waals surface area (Å²) in [5.41, 5.74) is 1.21. The van der Waals surface area contributed by atoms with Crippen LogP contribution in [0.4, 0.5) is 0 Å². The van der Waals surface area contributed by atoms with Crippen LogP contribution in [0.25, 0.3) is 0 Å². The second kappa shape index (κ2) is 10.3. The molecule has 0 saturated heterocycles. The molecule has 2 aromatic carbocycles. The third-order valence-corrected chi connectivity index (χ3v) is 8.14. The second-order valence-electron chi connectivity index (χ2n) is 7.70. The minimum Gasteiger partial charge on any atom is -0.496 e. The van der Waals surface area contributed by atoms with Crippen molar-refractivity contribution in [2.75, 3.05) is 14.2 Å². The first kappa shape index (κ1) is 24.0. The first-order valence-electron chi connectivity index (χ1n) is 10.3. The number of ether oxygens (including phenoxy) is 1. The van der Waals surface area contributed by atoms with Gasteiger partial charge in [0.05, 0.1) is 25.1 Å². The van der Waals surface area contributed by atoms with Gasteiger partial charge < -0.3 is 9.64 Å². The van der Waals surface area contributed by atoms with Gasteiger partial charge in [0.2, 0.25) is 10.0 Å². The molecule has 0 aliphatic heterocycles. The maximum Gasteiger partial charge on any atom is 0.254 e. The number of carbonyl (C=O) groups is 1. The minimum atomic E-state index is -3.69. The van der Waals surface area contributed by atoms with Gasteiger partial charge in [-0.25, -0.2) is 8.42 Å². The van der Waals surface area contributed by atoms with Crippen LogP contribution in [0, 0.1) is 0 Å². The van der Waals surface area contributed by atoms with Crippen LogP contribution < -0.4 is 4.74 Å². The summed E-state index contributed by atoms with van der Waals surface area (Å²) in [5, 5.41) is 1.97. The molecule has 1 aromatic heterocycles. The highest BCUT2D eigenvalue weighted by atomic mass is 32.2. The van der Waals surface area contributed by atoms with E-state index in [1.54, 1.807) is 42.5 Å². The van der Waals surface area contributed by atoms with Crippen molar-refractivity contribution in [3.63, 3.8) is 0 Å². The van der Waals surface area contributed by atoms with Crippen LogP contribution in [-0.2, 0) is 23.1 Å². The van der Waals surface area contributed by atoms with E-state index in [1.165, 1.54) is 16.4 Å². The zero-order valence-corrected chi connectivity index (χ0v) is 20.3. The summed E-state index contributed by atoms with van der Waals surface area (Å²) in [4.78, 5) is 16.4. The number of rotatable bonds is 9. The number of hydrogen-bond donors (Lipinski definition) is 0. The van der Waals surface area contributed by atoms with Crippen LogP contribution in [0.15, 0.2) is 70.9 Å². The molecule has 0 aliphatic rings. The molecule has 0 fully saturated rings. The van der Waals surface area contributed by atoms with Crippen molar-refractivity contribution in [2.24, 2.45) is 0 Å². The molecule has 3 aromatic rings. The molecule has 0 saturated carbocycles. The van der Waals surface area contributed by atoms with Crippen LogP contribution in [0.5, 0.6) is 5.75 Å². The summed E-state index contributed by atoms with van der Waals surface area (Å²) in [6.07, 6.45) is 0. The van der Waals surface area contributed by atoms with Gasteiger partial charge in [-0.3, -0.25) is 4.79 Å². The highest BCUT2D eigenvalue weighted by Crippen LogP contribution is 2.24. The summed E-state index contributed by atoms with van der Waals surface area (Å²) < 4.78 is 32.6. The van der Waals surface area contributed by atoms with Crippen molar-refractivity contribution in [2.45, 2.75) is 37.9 Å². The van der Waals surface area contributed by atoms with E-state index in [9.17, 15) is 13.2 Å². The Morgan fingerprint density at radius 1 is 1.03 bits per heavy atom. The molecule has 0 bridgehead atoms. The molecule has 0 aliphatic carbocycles. The van der Waals surface area contributed by atoms with Crippen molar-refractivity contribution in [3.05, 3.63) is 82.0 Å². The molecule has 0 radical (unpaired) electrons. The summed E-state index contributed by atoms with van der Waals surface area (Å²) in [6.45, 7) is 4.37. The van der Waals surface area contributed by atoms with Gasteiger partial charge in [0.1, 0.15) is 5.75 Å². The van der Waals surface area contributed by atoms with Gasteiger partial charge in [0.25, 0.3) is 5.91 Å². The van der Waals surface area contributed by atoms with E-state index in [0.717, 1.165) is 10.4 Å². The van der Waals surface area contributed by atoms with Gasteiger partial charge in [-0.15, -0.1) is 11.3 Å². The minimum absolute atomic E-state index is 0.105. The second-order valence-corrected chi connectivity index (χ2v) is 10.7. The fourth-order valence-electron chi connectivity index (χ4n) is 3.25. The number of hydrogen-bond acceptors (Lipinski definition) is 5. The number of nitrogens with zero attached hydrogens (tertiary/aromatic N) is 2. The smallest absolute Gasteiger partial charge is 0.254 e. The average Bonchev–Trinajstić information content (AvgIpc) is 3.31. The van der Waals surface area contributed by atoms with Gasteiger partial charge in [-0.05, 0) is 49.6 Å². The monoisotopic (exact) mass is 472 g/mol. The average molecular weight is 473 g/mol. The Morgan fingerprint density at radius 3 is 2.44 bits per heavy atom. The number of carbonyl (C=O) groups excluding carboxylic acids is 1. The molecule has 1 heterocycles. The van der Waals surface area contributed by atoms with Crippen LogP contribution in [0.1, 0.15) is 34.6 Å². The topological polar surface area (TPSA) is 66.9 Å². The van der Waals surface area contributed by atoms with Crippen molar-refractivity contribution in [1.29, 1.82) is 0 Å². The Morgan fingerprint density at radius 2 is 1.78 bits per heavy atom. The molecule has 0 unspecified atom stereocenters. The maximum absolute atomic E-state index is 13.5. The van der Waals surface area contributed by atoms with E-state index in [2.05, 4.69) is 0 Å². The molecule has 32 heavy (non-hydrogen) atoms. The Hall–Kier alpha value is -2.68. The fraction of sp³-hybridized carbons (Fsp3) is 0.292. The molecule has 0 atom stereocenters. The summed E-state index contributed by atoms with van der Waals surface area (Å²) in [5.74, 6) is 0.458. The van der Waals surface area contributed by atoms with Gasteiger partial charge in [-0.2, -0.15) is 4.31 Å². The third-order valence-electron chi connectivity index (χ3n) is 5.25. The lowest BCUT2D eigenvalue weighted by atomic mass is 10.1. The number of amides is 1. The van der Waals surface area contributed by atoms with Crippen LogP contribution >= 0.6 is 11.3 Å². The zero-order valence-electron chi connectivity index (χ0n) is 18.7. The molecule has 0 N–H and O–H groups in total. The summed E-state index contributed by atoms with van der Waals surface area (Å²) in [7, 11) is -0.553. The Balaban J connectivity index is 1.96. The predicted octanol–water partition coefficient (Wildman–Crippen LogP) is 4.63. The van der Waals surface area contributed by atoms with Crippen LogP contribution in [0.3, 0.4) is 0 Å². The van der Waals surface area contributed by atoms with Gasteiger partial charge in [0.15, 0.2) is 0 Å². The lowest BCUT2D eigenvalue weighted by molar-refractivity contribution is 0.0730. The first-order valence-corrected chi connectivity index (χ1v) is 12.6. The maximum atomic E-state index is 13.5. The van der Waals surface area contributed by atoms with Crippen molar-refractivity contribution < 1.29 is 17.9 Å². The SMILES string of the molecule is COc1ccccc1CN(Cc1cccs1)C(=O)c1cccc(S(=O)(=O)N(C)C(C)C)c1. The Bertz CT molecular complexity index is 1160. The van der Waals surface area contributed by atoms with E-state index in [0.29, 0.717) is 24.4 Å². The number of sulfonamides is 1. The molecular formula is C24H28N2O4S2. The predicted molar refractivity (Wildman–Crippen MR) is 127 cm³/mol. The van der Waals surface area contributed by atoms with Gasteiger partial charge >= 0.3 is 0 Å². The number of thiophene rings is 1. The van der Waals surface area contributed by atoms with E-state index >= 15 is 0 Å². The number of methoxy groups -OCH3 is 1. The molecule has 1 amide bonds. The quantitative estimate of drug-likeness (QED) is 0.455. The lowest BCUT2D eigenvalue weighted by Crippen LogP contribution is -2.33. The zero-order chi connectivity index (χ0) is 23.3. The number of para-hydroxylation sites is 1. The fourth-order valence-corrected chi connectivity index (χ4v) is 5.38. The van der Waals surface area contributed by atoms with E-state index in [-0.39, 0.29) is 16.8 Å². The number of benzene rings is 2. The van der Waals surface area contributed by atoms with E-state index < -0.39 is 10.0 Å². The molecular weight excluding hydrogens is 444 g/mol. The molecule has 6 nitrogen and oxygen atoms in total. The Kier molecular flexibility index (Phi) is 7.71. The molecule has 8 heteroatoms. The van der Waals surface area contributed by atoms with E-state index in [1.807, 2.05) is 55.6 Å². The highest BCUT2D eigenvalue weighted by molar-refractivity contribution is 7.89. The van der Waals surface area contributed by atoms with Crippen molar-refractivity contribution in [3.8, 4) is 5.75 Å². The normalized spacial score (nSPS) is 11.7.